The van der Waals surface area contributed by atoms with Crippen LogP contribution in [0.15, 0.2) is 21.6 Å². The lowest BCUT2D eigenvalue weighted by molar-refractivity contribution is 0.257. The fraction of sp³-hybridized carbons (Fsp3) is 0.692. The third-order valence-corrected chi connectivity index (χ3v) is 5.48. The van der Waals surface area contributed by atoms with Crippen molar-refractivity contribution < 1.29 is 12.8 Å². The molecule has 2 N–H and O–H groups in total. The van der Waals surface area contributed by atoms with E-state index in [0.717, 1.165) is 19.3 Å². The highest BCUT2D eigenvalue weighted by Gasteiger charge is 2.31. The zero-order valence-electron chi connectivity index (χ0n) is 11.3. The molecule has 0 radical (unpaired) electrons. The van der Waals surface area contributed by atoms with Crippen molar-refractivity contribution in [3.8, 4) is 0 Å². The average molecular weight is 286 g/mol. The second kappa shape index (κ2) is 6.07. The highest BCUT2D eigenvalue weighted by Crippen LogP contribution is 2.27. The first-order valence-electron chi connectivity index (χ1n) is 6.87. The smallest absolute Gasteiger partial charge is 0.276 e. The van der Waals surface area contributed by atoms with Crippen molar-refractivity contribution in [2.45, 2.75) is 44.2 Å². The van der Waals surface area contributed by atoms with Crippen LogP contribution in [0, 0.1) is 5.92 Å². The predicted molar refractivity (Wildman–Crippen MR) is 73.0 cm³/mol. The van der Waals surface area contributed by atoms with E-state index < -0.39 is 10.0 Å². The van der Waals surface area contributed by atoms with E-state index in [0.29, 0.717) is 24.8 Å². The number of rotatable bonds is 5. The van der Waals surface area contributed by atoms with Crippen molar-refractivity contribution in [2.75, 3.05) is 13.1 Å². The van der Waals surface area contributed by atoms with Crippen LogP contribution >= 0.6 is 0 Å². The second-order valence-corrected chi connectivity index (χ2v) is 6.93. The molecule has 1 aromatic heterocycles. The lowest BCUT2D eigenvalue weighted by atomic mass is 9.94. The van der Waals surface area contributed by atoms with Gasteiger partial charge in [-0.1, -0.05) is 19.8 Å². The predicted octanol–water partition coefficient (Wildman–Crippen LogP) is 1.94. The summed E-state index contributed by atoms with van der Waals surface area (Å²) < 4.78 is 31.5. The summed E-state index contributed by atoms with van der Waals surface area (Å²) in [7, 11) is -3.48. The normalized spacial score (nSPS) is 18.8. The zero-order chi connectivity index (χ0) is 13.9. The molecular weight excluding hydrogens is 264 g/mol. The summed E-state index contributed by atoms with van der Waals surface area (Å²) in [6, 6.07) is 3.12. The number of nitrogens with two attached hydrogens (primary N) is 1. The van der Waals surface area contributed by atoms with Gasteiger partial charge in [0, 0.05) is 13.1 Å². The Kier molecular flexibility index (Phi) is 4.65. The molecule has 2 heterocycles. The van der Waals surface area contributed by atoms with Crippen LogP contribution in [0.5, 0.6) is 0 Å². The molecule has 1 aliphatic rings. The van der Waals surface area contributed by atoms with Gasteiger partial charge in [0.15, 0.2) is 0 Å². The maximum absolute atomic E-state index is 12.4. The number of sulfonamides is 1. The Balaban J connectivity index is 2.05. The lowest BCUT2D eigenvalue weighted by Crippen LogP contribution is -2.38. The summed E-state index contributed by atoms with van der Waals surface area (Å²) in [5.74, 6) is 1.16. The van der Waals surface area contributed by atoms with Crippen molar-refractivity contribution in [3.63, 3.8) is 0 Å². The summed E-state index contributed by atoms with van der Waals surface area (Å²) in [6.45, 7) is 3.56. The minimum atomic E-state index is -3.48. The molecule has 19 heavy (non-hydrogen) atoms. The summed E-state index contributed by atoms with van der Waals surface area (Å²) in [6.07, 6.45) is 4.23. The summed E-state index contributed by atoms with van der Waals surface area (Å²) in [5, 5.41) is 0.0156. The van der Waals surface area contributed by atoms with E-state index in [9.17, 15) is 8.42 Å². The fourth-order valence-electron chi connectivity index (χ4n) is 2.58. The van der Waals surface area contributed by atoms with Gasteiger partial charge in [-0.2, -0.15) is 4.31 Å². The molecule has 1 saturated heterocycles. The standard InChI is InChI=1S/C13H22N2O3S/c1-2-3-11-6-8-15(9-7-11)19(16,17)13-5-4-12(10-14)18-13/h4-5,11H,2-3,6-10,14H2,1H3. The van der Waals surface area contributed by atoms with Crippen molar-refractivity contribution in [3.05, 3.63) is 17.9 Å². The number of piperidine rings is 1. The van der Waals surface area contributed by atoms with Gasteiger partial charge in [-0.05, 0) is 30.9 Å². The van der Waals surface area contributed by atoms with Gasteiger partial charge in [0.25, 0.3) is 10.0 Å². The minimum Gasteiger partial charge on any atom is -0.447 e. The fourth-order valence-corrected chi connectivity index (χ4v) is 3.98. The molecule has 0 bridgehead atoms. The molecule has 5 nitrogen and oxygen atoms in total. The monoisotopic (exact) mass is 286 g/mol. The Hall–Kier alpha value is -0.850. The number of hydrogen-bond donors (Lipinski definition) is 1. The van der Waals surface area contributed by atoms with Gasteiger partial charge in [-0.3, -0.25) is 0 Å². The van der Waals surface area contributed by atoms with Crippen LogP contribution in [0.2, 0.25) is 0 Å². The van der Waals surface area contributed by atoms with Gasteiger partial charge in [0.1, 0.15) is 5.76 Å². The zero-order valence-corrected chi connectivity index (χ0v) is 12.2. The SMILES string of the molecule is CCCC1CCN(S(=O)(=O)c2ccc(CN)o2)CC1. The quantitative estimate of drug-likeness (QED) is 0.897. The van der Waals surface area contributed by atoms with Gasteiger partial charge in [-0.25, -0.2) is 8.42 Å². The molecule has 1 aliphatic heterocycles. The maximum atomic E-state index is 12.4. The highest BCUT2D eigenvalue weighted by molar-refractivity contribution is 7.89. The highest BCUT2D eigenvalue weighted by atomic mass is 32.2. The van der Waals surface area contributed by atoms with E-state index in [1.165, 1.54) is 16.8 Å². The minimum absolute atomic E-state index is 0.0156. The second-order valence-electron chi connectivity index (χ2n) is 5.06. The molecule has 0 unspecified atom stereocenters. The van der Waals surface area contributed by atoms with E-state index in [1.54, 1.807) is 6.07 Å². The van der Waals surface area contributed by atoms with E-state index in [2.05, 4.69) is 6.92 Å². The van der Waals surface area contributed by atoms with Crippen molar-refractivity contribution >= 4 is 10.0 Å². The molecule has 0 aromatic carbocycles. The van der Waals surface area contributed by atoms with Crippen molar-refractivity contribution in [1.29, 1.82) is 0 Å². The number of hydrogen-bond acceptors (Lipinski definition) is 4. The van der Waals surface area contributed by atoms with E-state index in [4.69, 9.17) is 10.2 Å². The van der Waals surface area contributed by atoms with E-state index >= 15 is 0 Å². The lowest BCUT2D eigenvalue weighted by Gasteiger charge is -2.30. The Morgan fingerprint density at radius 3 is 2.58 bits per heavy atom. The van der Waals surface area contributed by atoms with Gasteiger partial charge >= 0.3 is 0 Å². The molecular formula is C13H22N2O3S. The Bertz CT molecular complexity index is 502. The molecule has 1 aromatic rings. The van der Waals surface area contributed by atoms with Crippen LogP contribution in [0.3, 0.4) is 0 Å². The Labute approximate surface area is 114 Å². The van der Waals surface area contributed by atoms with Gasteiger partial charge in [0.05, 0.1) is 6.54 Å². The molecule has 0 atom stereocenters. The van der Waals surface area contributed by atoms with Gasteiger partial charge in [0.2, 0.25) is 5.09 Å². The van der Waals surface area contributed by atoms with Crippen molar-refractivity contribution in [1.82, 2.24) is 4.31 Å². The summed E-state index contributed by atoms with van der Waals surface area (Å²) in [4.78, 5) is 0. The largest absolute Gasteiger partial charge is 0.447 e. The van der Waals surface area contributed by atoms with Crippen LogP contribution in [-0.2, 0) is 16.6 Å². The molecule has 6 heteroatoms. The number of nitrogens with zero attached hydrogens (tertiary/aromatic N) is 1. The molecule has 2 rings (SSSR count). The first-order valence-corrected chi connectivity index (χ1v) is 8.31. The Morgan fingerprint density at radius 2 is 2.05 bits per heavy atom. The molecule has 1 fully saturated rings. The van der Waals surface area contributed by atoms with Crippen LogP contribution in [0.25, 0.3) is 0 Å². The van der Waals surface area contributed by atoms with E-state index in [1.807, 2.05) is 0 Å². The number of furan rings is 1. The van der Waals surface area contributed by atoms with Crippen LogP contribution in [-0.4, -0.2) is 25.8 Å². The maximum Gasteiger partial charge on any atom is 0.276 e. The van der Waals surface area contributed by atoms with Crippen LogP contribution in [0.1, 0.15) is 38.4 Å². The molecule has 108 valence electrons. The van der Waals surface area contributed by atoms with Crippen LogP contribution in [0.4, 0.5) is 0 Å². The van der Waals surface area contributed by atoms with E-state index in [-0.39, 0.29) is 11.6 Å². The molecule has 0 aliphatic carbocycles. The average Bonchev–Trinajstić information content (AvgIpc) is 2.89. The molecule has 0 spiro atoms. The van der Waals surface area contributed by atoms with Gasteiger partial charge in [-0.15, -0.1) is 0 Å². The third kappa shape index (κ3) is 3.19. The molecule has 0 amide bonds. The molecule has 0 saturated carbocycles. The first-order chi connectivity index (χ1) is 9.07. The third-order valence-electron chi connectivity index (χ3n) is 3.70. The summed E-state index contributed by atoms with van der Waals surface area (Å²) >= 11 is 0. The topological polar surface area (TPSA) is 76.5 Å². The first kappa shape index (κ1) is 14.6. The van der Waals surface area contributed by atoms with Crippen LogP contribution < -0.4 is 5.73 Å². The Morgan fingerprint density at radius 1 is 1.37 bits per heavy atom. The van der Waals surface area contributed by atoms with Crippen molar-refractivity contribution in [2.24, 2.45) is 11.7 Å². The van der Waals surface area contributed by atoms with Gasteiger partial charge < -0.3 is 10.2 Å². The summed E-state index contributed by atoms with van der Waals surface area (Å²) in [5.41, 5.74) is 5.43.